The van der Waals surface area contributed by atoms with Crippen LogP contribution in [0.1, 0.15) is 19.4 Å². The third kappa shape index (κ3) is 3.29. The van der Waals surface area contributed by atoms with Crippen molar-refractivity contribution in [2.24, 2.45) is 5.41 Å². The lowest BCUT2D eigenvalue weighted by Gasteiger charge is -2.31. The van der Waals surface area contributed by atoms with E-state index in [1.165, 1.54) is 0 Å². The van der Waals surface area contributed by atoms with Crippen molar-refractivity contribution in [1.29, 1.82) is 0 Å². The Kier molecular flexibility index (Phi) is 4.67. The predicted octanol–water partition coefficient (Wildman–Crippen LogP) is 2.64. The van der Waals surface area contributed by atoms with Gasteiger partial charge in [-0.3, -0.25) is 0 Å². The highest BCUT2D eigenvalue weighted by Crippen LogP contribution is 2.30. The van der Waals surface area contributed by atoms with Gasteiger partial charge >= 0.3 is 0 Å². The van der Waals surface area contributed by atoms with Crippen LogP contribution in [0.5, 0.6) is 0 Å². The SMILES string of the molecule is C=C(C)[C@@](C)(CO)[C@H](O)/C=C/c1ccccc1. The van der Waals surface area contributed by atoms with Crippen molar-refractivity contribution in [3.8, 4) is 0 Å². The monoisotopic (exact) mass is 232 g/mol. The minimum atomic E-state index is -0.745. The summed E-state index contributed by atoms with van der Waals surface area (Å²) in [5, 5.41) is 19.5. The number of rotatable bonds is 5. The Morgan fingerprint density at radius 2 is 2.00 bits per heavy atom. The number of aliphatic hydroxyl groups excluding tert-OH is 2. The zero-order valence-corrected chi connectivity index (χ0v) is 10.4. The van der Waals surface area contributed by atoms with Crippen LogP contribution < -0.4 is 0 Å². The quantitative estimate of drug-likeness (QED) is 0.766. The van der Waals surface area contributed by atoms with Gasteiger partial charge in [-0.25, -0.2) is 0 Å². The topological polar surface area (TPSA) is 40.5 Å². The van der Waals surface area contributed by atoms with Gasteiger partial charge in [0.15, 0.2) is 0 Å². The molecule has 0 aliphatic heterocycles. The average molecular weight is 232 g/mol. The highest BCUT2D eigenvalue weighted by molar-refractivity contribution is 5.49. The molecule has 2 N–H and O–H groups in total. The second-order valence-electron chi connectivity index (χ2n) is 4.57. The lowest BCUT2D eigenvalue weighted by atomic mass is 9.79. The Hall–Kier alpha value is -1.38. The number of benzene rings is 1. The van der Waals surface area contributed by atoms with Crippen molar-refractivity contribution in [3.63, 3.8) is 0 Å². The van der Waals surface area contributed by atoms with Crippen molar-refractivity contribution in [2.45, 2.75) is 20.0 Å². The van der Waals surface area contributed by atoms with E-state index in [0.717, 1.165) is 11.1 Å². The molecule has 0 bridgehead atoms. The summed E-state index contributed by atoms with van der Waals surface area (Å²) < 4.78 is 0. The second kappa shape index (κ2) is 5.80. The Bertz CT molecular complexity index is 395. The fourth-order valence-electron chi connectivity index (χ4n) is 1.46. The second-order valence-corrected chi connectivity index (χ2v) is 4.57. The van der Waals surface area contributed by atoms with Crippen LogP contribution in [0.2, 0.25) is 0 Å². The van der Waals surface area contributed by atoms with Crippen LogP contribution in [0.15, 0.2) is 48.6 Å². The summed E-state index contributed by atoms with van der Waals surface area (Å²) >= 11 is 0. The first kappa shape index (κ1) is 13.7. The molecule has 1 aromatic rings. The van der Waals surface area contributed by atoms with Crippen molar-refractivity contribution in [2.75, 3.05) is 6.61 Å². The lowest BCUT2D eigenvalue weighted by molar-refractivity contribution is 0.0520. The third-order valence-electron chi connectivity index (χ3n) is 3.23. The van der Waals surface area contributed by atoms with Crippen LogP contribution in [-0.4, -0.2) is 22.9 Å². The molecule has 92 valence electrons. The van der Waals surface area contributed by atoms with Gasteiger partial charge in [-0.1, -0.05) is 61.6 Å². The Morgan fingerprint density at radius 3 is 2.47 bits per heavy atom. The smallest absolute Gasteiger partial charge is 0.0836 e. The Labute approximate surface area is 103 Å². The highest BCUT2D eigenvalue weighted by Gasteiger charge is 2.31. The highest BCUT2D eigenvalue weighted by atomic mass is 16.3. The van der Waals surface area contributed by atoms with Gasteiger partial charge in [-0.15, -0.1) is 0 Å². The number of hydrogen-bond donors (Lipinski definition) is 2. The van der Waals surface area contributed by atoms with E-state index in [9.17, 15) is 10.2 Å². The fourth-order valence-corrected chi connectivity index (χ4v) is 1.46. The summed E-state index contributed by atoms with van der Waals surface area (Å²) in [5.41, 5.74) is 1.10. The molecule has 0 heterocycles. The van der Waals surface area contributed by atoms with E-state index in [-0.39, 0.29) is 6.61 Å². The number of hydrogen-bond acceptors (Lipinski definition) is 2. The Morgan fingerprint density at radius 1 is 1.41 bits per heavy atom. The molecule has 0 saturated heterocycles. The average Bonchev–Trinajstić information content (AvgIpc) is 2.35. The summed E-state index contributed by atoms with van der Waals surface area (Å²) in [6, 6.07) is 9.74. The maximum absolute atomic E-state index is 10.1. The van der Waals surface area contributed by atoms with Crippen molar-refractivity contribution in [1.82, 2.24) is 0 Å². The largest absolute Gasteiger partial charge is 0.395 e. The molecule has 0 aliphatic rings. The van der Waals surface area contributed by atoms with Gasteiger partial charge in [-0.05, 0) is 12.5 Å². The van der Waals surface area contributed by atoms with Crippen LogP contribution >= 0.6 is 0 Å². The van der Waals surface area contributed by atoms with Gasteiger partial charge in [-0.2, -0.15) is 0 Å². The molecule has 0 saturated carbocycles. The van der Waals surface area contributed by atoms with E-state index in [0.29, 0.717) is 0 Å². The standard InChI is InChI=1S/C15H20O2/c1-12(2)15(3,11-16)14(17)10-9-13-7-5-4-6-8-13/h4-10,14,16-17H,1,11H2,2-3H3/b10-9+/t14-,15-/m1/s1. The molecule has 0 amide bonds. The van der Waals surface area contributed by atoms with Crippen molar-refractivity contribution >= 4 is 6.08 Å². The van der Waals surface area contributed by atoms with E-state index >= 15 is 0 Å². The Balaban J connectivity index is 2.81. The van der Waals surface area contributed by atoms with E-state index in [4.69, 9.17) is 0 Å². The molecule has 0 aromatic heterocycles. The molecule has 0 fully saturated rings. The molecular formula is C15H20O2. The molecule has 1 rings (SSSR count). The van der Waals surface area contributed by atoms with Crippen molar-refractivity contribution in [3.05, 3.63) is 54.1 Å². The summed E-state index contributed by atoms with van der Waals surface area (Å²) in [6.07, 6.45) is 2.80. The van der Waals surface area contributed by atoms with Gasteiger partial charge in [0.2, 0.25) is 0 Å². The van der Waals surface area contributed by atoms with E-state index in [1.54, 1.807) is 13.0 Å². The van der Waals surface area contributed by atoms with Gasteiger partial charge in [0, 0.05) is 5.41 Å². The van der Waals surface area contributed by atoms with Crippen LogP contribution in [0.4, 0.5) is 0 Å². The molecule has 0 spiro atoms. The first-order chi connectivity index (χ1) is 8.00. The number of aliphatic hydroxyl groups is 2. The van der Waals surface area contributed by atoms with Gasteiger partial charge in [0.25, 0.3) is 0 Å². The molecule has 0 radical (unpaired) electrons. The van der Waals surface area contributed by atoms with Gasteiger partial charge < -0.3 is 10.2 Å². The fraction of sp³-hybridized carbons (Fsp3) is 0.333. The van der Waals surface area contributed by atoms with E-state index in [1.807, 2.05) is 43.3 Å². The van der Waals surface area contributed by atoms with E-state index in [2.05, 4.69) is 6.58 Å². The molecule has 0 unspecified atom stereocenters. The summed E-state index contributed by atoms with van der Waals surface area (Å²) in [5.74, 6) is 0. The van der Waals surface area contributed by atoms with Crippen LogP contribution in [0.25, 0.3) is 6.08 Å². The van der Waals surface area contributed by atoms with Crippen molar-refractivity contribution < 1.29 is 10.2 Å². The zero-order valence-electron chi connectivity index (χ0n) is 10.4. The summed E-state index contributed by atoms with van der Waals surface area (Å²) in [4.78, 5) is 0. The first-order valence-electron chi connectivity index (χ1n) is 5.69. The van der Waals surface area contributed by atoms with Gasteiger partial charge in [0.05, 0.1) is 12.7 Å². The summed E-state index contributed by atoms with van der Waals surface area (Å²) in [7, 11) is 0. The maximum atomic E-state index is 10.1. The third-order valence-corrected chi connectivity index (χ3v) is 3.23. The molecule has 2 nitrogen and oxygen atoms in total. The molecule has 17 heavy (non-hydrogen) atoms. The van der Waals surface area contributed by atoms with E-state index < -0.39 is 11.5 Å². The molecular weight excluding hydrogens is 212 g/mol. The maximum Gasteiger partial charge on any atom is 0.0836 e. The summed E-state index contributed by atoms with van der Waals surface area (Å²) in [6.45, 7) is 7.31. The normalized spacial score (nSPS) is 16.7. The molecule has 0 aliphatic carbocycles. The predicted molar refractivity (Wildman–Crippen MR) is 71.5 cm³/mol. The first-order valence-corrected chi connectivity index (χ1v) is 5.69. The molecule has 1 aromatic carbocycles. The van der Waals surface area contributed by atoms with Gasteiger partial charge in [0.1, 0.15) is 0 Å². The van der Waals surface area contributed by atoms with Crippen LogP contribution in [-0.2, 0) is 0 Å². The van der Waals surface area contributed by atoms with Crippen LogP contribution in [0, 0.1) is 5.41 Å². The lowest BCUT2D eigenvalue weighted by Crippen LogP contribution is -2.35. The zero-order chi connectivity index (χ0) is 12.9. The molecule has 2 atom stereocenters. The van der Waals surface area contributed by atoms with Crippen LogP contribution in [0.3, 0.4) is 0 Å². The minimum absolute atomic E-state index is 0.122. The molecule has 2 heteroatoms. The minimum Gasteiger partial charge on any atom is -0.395 e.